The first kappa shape index (κ1) is 23.0. The van der Waals surface area contributed by atoms with Crippen molar-refractivity contribution in [2.45, 2.75) is 77.6 Å². The number of ether oxygens (including phenoxy) is 1. The Balaban J connectivity index is 1.42. The molecule has 0 N–H and O–H groups in total. The molecule has 2 aliphatic carbocycles. The van der Waals surface area contributed by atoms with E-state index < -0.39 is 11.8 Å². The Morgan fingerprint density at radius 2 is 1.47 bits per heavy atom. The van der Waals surface area contributed by atoms with Crippen LogP contribution in [0.4, 0.5) is 8.78 Å². The molecule has 1 aromatic carbocycles. The van der Waals surface area contributed by atoms with E-state index in [1.807, 2.05) is 26.0 Å². The van der Waals surface area contributed by atoms with Crippen LogP contribution in [0.1, 0.15) is 77.2 Å². The zero-order valence-electron chi connectivity index (χ0n) is 18.7. The number of rotatable bonds is 8. The van der Waals surface area contributed by atoms with Crippen molar-refractivity contribution in [2.75, 3.05) is 6.61 Å². The van der Waals surface area contributed by atoms with Crippen molar-refractivity contribution >= 4 is 6.08 Å². The summed E-state index contributed by atoms with van der Waals surface area (Å²) < 4.78 is 34.2. The first-order chi connectivity index (χ1) is 14.5. The topological polar surface area (TPSA) is 9.23 Å². The fraction of sp³-hybridized carbons (Fsp3) is 0.630. The van der Waals surface area contributed by atoms with Gasteiger partial charge in [-0.1, -0.05) is 49.8 Å². The van der Waals surface area contributed by atoms with Crippen molar-refractivity contribution in [1.29, 1.82) is 0 Å². The molecule has 2 aliphatic rings. The molecule has 0 amide bonds. The van der Waals surface area contributed by atoms with Crippen LogP contribution in [0.25, 0.3) is 6.08 Å². The molecule has 3 rings (SSSR count). The molecule has 0 spiro atoms. The number of alkyl halides is 2. The van der Waals surface area contributed by atoms with Gasteiger partial charge in [-0.25, -0.2) is 8.78 Å². The van der Waals surface area contributed by atoms with Gasteiger partial charge in [0.2, 0.25) is 0 Å². The van der Waals surface area contributed by atoms with Crippen molar-refractivity contribution in [3.05, 3.63) is 48.1 Å². The van der Waals surface area contributed by atoms with Crippen molar-refractivity contribution < 1.29 is 13.5 Å². The monoisotopic (exact) mass is 416 g/mol. The lowest BCUT2D eigenvalue weighted by molar-refractivity contribution is -0.0986. The highest BCUT2D eigenvalue weighted by Crippen LogP contribution is 2.44. The predicted octanol–water partition coefficient (Wildman–Crippen LogP) is 8.31. The van der Waals surface area contributed by atoms with Gasteiger partial charge < -0.3 is 4.74 Å². The maximum atomic E-state index is 14.4. The molecule has 2 saturated carbocycles. The SMILES string of the molecule is CCCC1CCC(/C=C/C2CCC(/C=C/c3ccc(OCC)cc3)CC2)CC1(F)F. The molecule has 0 radical (unpaired) electrons. The second-order valence-corrected chi connectivity index (χ2v) is 9.21. The Bertz CT molecular complexity index is 683. The molecule has 0 saturated heterocycles. The van der Waals surface area contributed by atoms with Crippen molar-refractivity contribution in [2.24, 2.45) is 23.7 Å². The van der Waals surface area contributed by atoms with Gasteiger partial charge in [0.15, 0.2) is 0 Å². The number of benzene rings is 1. The fourth-order valence-electron chi connectivity index (χ4n) is 5.05. The summed E-state index contributed by atoms with van der Waals surface area (Å²) in [5.41, 5.74) is 1.21. The van der Waals surface area contributed by atoms with E-state index in [1.54, 1.807) is 0 Å². The summed E-state index contributed by atoms with van der Waals surface area (Å²) in [5, 5.41) is 0. The molecule has 30 heavy (non-hydrogen) atoms. The van der Waals surface area contributed by atoms with Crippen LogP contribution in [0.3, 0.4) is 0 Å². The Labute approximate surface area is 181 Å². The second kappa shape index (κ2) is 11.1. The van der Waals surface area contributed by atoms with Gasteiger partial charge in [0.1, 0.15) is 5.75 Å². The normalized spacial score (nSPS) is 29.5. The molecular weight excluding hydrogens is 378 g/mol. The summed E-state index contributed by atoms with van der Waals surface area (Å²) >= 11 is 0. The predicted molar refractivity (Wildman–Crippen MR) is 122 cm³/mol. The number of allylic oxidation sites excluding steroid dienone is 3. The van der Waals surface area contributed by atoms with E-state index in [0.717, 1.165) is 31.4 Å². The highest BCUT2D eigenvalue weighted by atomic mass is 19.3. The lowest BCUT2D eigenvalue weighted by Gasteiger charge is -2.35. The van der Waals surface area contributed by atoms with Crippen LogP contribution in [-0.2, 0) is 0 Å². The number of hydrogen-bond donors (Lipinski definition) is 0. The highest BCUT2D eigenvalue weighted by Gasteiger charge is 2.43. The van der Waals surface area contributed by atoms with E-state index in [1.165, 1.54) is 18.4 Å². The summed E-state index contributed by atoms with van der Waals surface area (Å²) in [4.78, 5) is 0. The Morgan fingerprint density at radius 1 is 0.867 bits per heavy atom. The van der Waals surface area contributed by atoms with Gasteiger partial charge in [0, 0.05) is 12.3 Å². The first-order valence-corrected chi connectivity index (χ1v) is 12.0. The smallest absolute Gasteiger partial charge is 0.251 e. The molecule has 2 unspecified atom stereocenters. The van der Waals surface area contributed by atoms with Crippen LogP contribution >= 0.6 is 0 Å². The van der Waals surface area contributed by atoms with Crippen molar-refractivity contribution in [3.63, 3.8) is 0 Å². The summed E-state index contributed by atoms with van der Waals surface area (Å²) in [6, 6.07) is 8.23. The Morgan fingerprint density at radius 3 is 2.07 bits per heavy atom. The Kier molecular flexibility index (Phi) is 8.53. The van der Waals surface area contributed by atoms with Crippen molar-refractivity contribution in [3.8, 4) is 5.75 Å². The molecule has 1 aromatic rings. The molecular formula is C27H38F2O. The lowest BCUT2D eigenvalue weighted by Crippen LogP contribution is -2.35. The third-order valence-corrected chi connectivity index (χ3v) is 6.88. The van der Waals surface area contributed by atoms with E-state index in [0.29, 0.717) is 31.3 Å². The van der Waals surface area contributed by atoms with Gasteiger partial charge in [-0.05, 0) is 87.3 Å². The van der Waals surface area contributed by atoms with E-state index >= 15 is 0 Å². The van der Waals surface area contributed by atoms with Crippen LogP contribution in [0, 0.1) is 23.7 Å². The summed E-state index contributed by atoms with van der Waals surface area (Å²) in [7, 11) is 0. The standard InChI is InChI=1S/C27H38F2O/c1-3-5-25-17-14-24(20-27(25,28)29)13-12-22-8-6-21(7-9-22)10-11-23-15-18-26(19-16-23)30-4-2/h10-13,15-16,18-19,21-22,24-25H,3-9,14,17,20H2,1-2H3/b11-10+,13-12+. The molecule has 1 nitrogen and oxygen atoms in total. The zero-order chi connectivity index (χ0) is 21.4. The summed E-state index contributed by atoms with van der Waals surface area (Å²) in [6.45, 7) is 4.69. The van der Waals surface area contributed by atoms with E-state index in [4.69, 9.17) is 4.74 Å². The maximum absolute atomic E-state index is 14.4. The minimum absolute atomic E-state index is 0.0499. The van der Waals surface area contributed by atoms with Crippen LogP contribution < -0.4 is 4.74 Å². The summed E-state index contributed by atoms with van der Waals surface area (Å²) in [5.74, 6) is -0.724. The van der Waals surface area contributed by atoms with Gasteiger partial charge in [0.25, 0.3) is 5.92 Å². The molecule has 0 bridgehead atoms. The fourth-order valence-corrected chi connectivity index (χ4v) is 5.05. The van der Waals surface area contributed by atoms with Gasteiger partial charge in [-0.15, -0.1) is 0 Å². The molecule has 2 fully saturated rings. The number of hydrogen-bond acceptors (Lipinski definition) is 1. The summed E-state index contributed by atoms with van der Waals surface area (Å²) in [6.07, 6.45) is 16.8. The van der Waals surface area contributed by atoms with Gasteiger partial charge in [-0.3, -0.25) is 0 Å². The largest absolute Gasteiger partial charge is 0.494 e. The van der Waals surface area contributed by atoms with E-state index in [9.17, 15) is 8.78 Å². The molecule has 2 atom stereocenters. The molecule has 3 heteroatoms. The first-order valence-electron chi connectivity index (χ1n) is 12.0. The zero-order valence-corrected chi connectivity index (χ0v) is 18.7. The molecule has 0 aromatic heterocycles. The van der Waals surface area contributed by atoms with Gasteiger partial charge >= 0.3 is 0 Å². The third-order valence-electron chi connectivity index (χ3n) is 6.88. The van der Waals surface area contributed by atoms with Crippen molar-refractivity contribution in [1.82, 2.24) is 0 Å². The van der Waals surface area contributed by atoms with E-state index in [-0.39, 0.29) is 12.3 Å². The van der Waals surface area contributed by atoms with Crippen LogP contribution in [0.5, 0.6) is 5.75 Å². The Hall–Kier alpha value is -1.64. The van der Waals surface area contributed by atoms with E-state index in [2.05, 4.69) is 36.4 Å². The lowest BCUT2D eigenvalue weighted by atomic mass is 9.76. The average Bonchev–Trinajstić information content (AvgIpc) is 2.74. The minimum atomic E-state index is -2.48. The molecule has 0 heterocycles. The van der Waals surface area contributed by atoms with Gasteiger partial charge in [-0.2, -0.15) is 0 Å². The quantitative estimate of drug-likeness (QED) is 0.387. The molecule has 166 valence electrons. The second-order valence-electron chi connectivity index (χ2n) is 9.21. The average molecular weight is 417 g/mol. The van der Waals surface area contributed by atoms with Crippen LogP contribution in [0.2, 0.25) is 0 Å². The van der Waals surface area contributed by atoms with Gasteiger partial charge in [0.05, 0.1) is 6.61 Å². The molecule has 0 aliphatic heterocycles. The number of halogens is 2. The minimum Gasteiger partial charge on any atom is -0.494 e. The van der Waals surface area contributed by atoms with Crippen LogP contribution in [0.15, 0.2) is 42.5 Å². The van der Waals surface area contributed by atoms with Crippen LogP contribution in [-0.4, -0.2) is 12.5 Å². The third kappa shape index (κ3) is 6.68. The maximum Gasteiger partial charge on any atom is 0.251 e. The highest BCUT2D eigenvalue weighted by molar-refractivity contribution is 5.50.